The smallest absolute Gasteiger partial charge is 0.306 e. The predicted octanol–water partition coefficient (Wildman–Crippen LogP) is 0.862. The average molecular weight is 263 g/mol. The van der Waals surface area contributed by atoms with Gasteiger partial charge in [0.05, 0.1) is 17.8 Å². The van der Waals surface area contributed by atoms with Gasteiger partial charge in [0.2, 0.25) is 5.91 Å². The fraction of sp³-hybridized carbons (Fsp3) is 0.818. The number of thioether (sulfide) groups is 1. The lowest BCUT2D eigenvalue weighted by molar-refractivity contribution is -0.142. The van der Waals surface area contributed by atoms with E-state index in [1.54, 1.807) is 11.8 Å². The zero-order valence-corrected chi connectivity index (χ0v) is 11.2. The largest absolute Gasteiger partial charge is 0.481 e. The SMILES string of the molecule is CCCCSCC(=O)NCC(C)(O)CC(=O)O. The predicted molar refractivity (Wildman–Crippen MR) is 68.1 cm³/mol. The van der Waals surface area contributed by atoms with Gasteiger partial charge >= 0.3 is 5.97 Å². The van der Waals surface area contributed by atoms with Gasteiger partial charge in [-0.15, -0.1) is 0 Å². The maximum Gasteiger partial charge on any atom is 0.306 e. The standard InChI is InChI=1S/C11H21NO4S/c1-3-4-5-17-7-9(13)12-8-11(2,16)6-10(14)15/h16H,3-8H2,1-2H3,(H,12,13)(H,14,15). The van der Waals surface area contributed by atoms with E-state index in [0.717, 1.165) is 18.6 Å². The number of hydrogen-bond donors (Lipinski definition) is 3. The molecule has 3 N–H and O–H groups in total. The summed E-state index contributed by atoms with van der Waals surface area (Å²) in [7, 11) is 0. The van der Waals surface area contributed by atoms with Crippen molar-refractivity contribution < 1.29 is 19.8 Å². The van der Waals surface area contributed by atoms with Crippen molar-refractivity contribution in [2.45, 2.75) is 38.7 Å². The summed E-state index contributed by atoms with van der Waals surface area (Å²) in [5.74, 6) is 0.0387. The second-order valence-electron chi connectivity index (χ2n) is 4.25. The number of aliphatic hydroxyl groups is 1. The van der Waals surface area contributed by atoms with E-state index in [1.165, 1.54) is 6.92 Å². The Hall–Kier alpha value is -0.750. The highest BCUT2D eigenvalue weighted by Crippen LogP contribution is 2.08. The number of hydrogen-bond acceptors (Lipinski definition) is 4. The van der Waals surface area contributed by atoms with Gasteiger partial charge in [0, 0.05) is 6.54 Å². The van der Waals surface area contributed by atoms with Crippen LogP contribution in [0.3, 0.4) is 0 Å². The number of amides is 1. The molecular formula is C11H21NO4S. The summed E-state index contributed by atoms with van der Waals surface area (Å²) in [4.78, 5) is 21.8. The van der Waals surface area contributed by atoms with Gasteiger partial charge in [-0.1, -0.05) is 13.3 Å². The lowest BCUT2D eigenvalue weighted by atomic mass is 10.0. The van der Waals surface area contributed by atoms with E-state index in [4.69, 9.17) is 5.11 Å². The van der Waals surface area contributed by atoms with Crippen LogP contribution in [-0.2, 0) is 9.59 Å². The van der Waals surface area contributed by atoms with Gasteiger partial charge in [-0.3, -0.25) is 9.59 Å². The van der Waals surface area contributed by atoms with Crippen LogP contribution in [0.2, 0.25) is 0 Å². The van der Waals surface area contributed by atoms with Crippen molar-refractivity contribution in [2.75, 3.05) is 18.1 Å². The van der Waals surface area contributed by atoms with Crippen molar-refractivity contribution in [2.24, 2.45) is 0 Å². The molecule has 5 nitrogen and oxygen atoms in total. The molecule has 1 amide bonds. The molecule has 0 saturated carbocycles. The molecule has 0 fully saturated rings. The minimum absolute atomic E-state index is 0.0352. The lowest BCUT2D eigenvalue weighted by Gasteiger charge is -2.21. The van der Waals surface area contributed by atoms with Gasteiger partial charge in [-0.2, -0.15) is 11.8 Å². The van der Waals surface area contributed by atoms with Gasteiger partial charge in [0.1, 0.15) is 0 Å². The number of carbonyl (C=O) groups is 2. The van der Waals surface area contributed by atoms with E-state index >= 15 is 0 Å². The van der Waals surface area contributed by atoms with Gasteiger partial charge in [-0.05, 0) is 19.1 Å². The zero-order chi connectivity index (χ0) is 13.3. The molecule has 0 rings (SSSR count). The Morgan fingerprint density at radius 3 is 2.59 bits per heavy atom. The molecule has 0 heterocycles. The Labute approximate surface area is 106 Å². The number of carboxylic acid groups (broad SMARTS) is 1. The van der Waals surface area contributed by atoms with Crippen LogP contribution in [-0.4, -0.2) is 45.7 Å². The first kappa shape index (κ1) is 16.2. The molecule has 0 aliphatic heterocycles. The minimum Gasteiger partial charge on any atom is -0.481 e. The third-order valence-electron chi connectivity index (χ3n) is 2.07. The Morgan fingerprint density at radius 1 is 1.41 bits per heavy atom. The Morgan fingerprint density at radius 2 is 2.06 bits per heavy atom. The van der Waals surface area contributed by atoms with E-state index in [2.05, 4.69) is 12.2 Å². The molecule has 17 heavy (non-hydrogen) atoms. The van der Waals surface area contributed by atoms with Crippen LogP contribution in [0.1, 0.15) is 33.1 Å². The van der Waals surface area contributed by atoms with Gasteiger partial charge < -0.3 is 15.5 Å². The van der Waals surface area contributed by atoms with E-state index < -0.39 is 11.6 Å². The van der Waals surface area contributed by atoms with E-state index in [9.17, 15) is 14.7 Å². The molecule has 1 atom stereocenters. The molecule has 1 unspecified atom stereocenters. The topological polar surface area (TPSA) is 86.6 Å². The van der Waals surface area contributed by atoms with E-state index in [1.807, 2.05) is 0 Å². The number of unbranched alkanes of at least 4 members (excludes halogenated alkanes) is 1. The van der Waals surface area contributed by atoms with Crippen molar-refractivity contribution in [1.82, 2.24) is 5.32 Å². The van der Waals surface area contributed by atoms with E-state index in [-0.39, 0.29) is 18.9 Å². The molecule has 0 aliphatic rings. The summed E-state index contributed by atoms with van der Waals surface area (Å²) < 4.78 is 0. The molecule has 0 aliphatic carbocycles. The normalized spacial score (nSPS) is 14.1. The number of rotatable bonds is 9. The summed E-state index contributed by atoms with van der Waals surface area (Å²) in [6.07, 6.45) is 1.80. The van der Waals surface area contributed by atoms with Crippen LogP contribution >= 0.6 is 11.8 Å². The quantitative estimate of drug-likeness (QED) is 0.537. The van der Waals surface area contributed by atoms with Crippen LogP contribution in [0, 0.1) is 0 Å². The van der Waals surface area contributed by atoms with Gasteiger partial charge in [0.15, 0.2) is 0 Å². The molecule has 0 spiro atoms. The summed E-state index contributed by atoms with van der Waals surface area (Å²) in [6, 6.07) is 0. The monoisotopic (exact) mass is 263 g/mol. The second kappa shape index (κ2) is 8.36. The van der Waals surface area contributed by atoms with Crippen LogP contribution < -0.4 is 5.32 Å². The Bertz CT molecular complexity index is 256. The number of aliphatic carboxylic acids is 1. The van der Waals surface area contributed by atoms with Crippen molar-refractivity contribution in [1.29, 1.82) is 0 Å². The van der Waals surface area contributed by atoms with Gasteiger partial charge in [-0.25, -0.2) is 0 Å². The third-order valence-corrected chi connectivity index (χ3v) is 3.12. The fourth-order valence-corrected chi connectivity index (χ4v) is 2.06. The fourth-order valence-electron chi connectivity index (χ4n) is 1.14. The third kappa shape index (κ3) is 10.1. The van der Waals surface area contributed by atoms with Crippen molar-refractivity contribution in [3.05, 3.63) is 0 Å². The van der Waals surface area contributed by atoms with Crippen LogP contribution in [0.15, 0.2) is 0 Å². The van der Waals surface area contributed by atoms with Crippen LogP contribution in [0.25, 0.3) is 0 Å². The second-order valence-corrected chi connectivity index (χ2v) is 5.36. The Balaban J connectivity index is 3.71. The molecule has 0 radical (unpaired) electrons. The highest BCUT2D eigenvalue weighted by atomic mass is 32.2. The van der Waals surface area contributed by atoms with E-state index in [0.29, 0.717) is 5.75 Å². The molecule has 0 saturated heterocycles. The van der Waals surface area contributed by atoms with Gasteiger partial charge in [0.25, 0.3) is 0 Å². The number of nitrogens with one attached hydrogen (secondary N) is 1. The first-order valence-electron chi connectivity index (χ1n) is 5.66. The highest BCUT2D eigenvalue weighted by Gasteiger charge is 2.24. The van der Waals surface area contributed by atoms with Crippen molar-refractivity contribution >= 4 is 23.6 Å². The summed E-state index contributed by atoms with van der Waals surface area (Å²) in [6.45, 7) is 3.45. The first-order valence-corrected chi connectivity index (χ1v) is 6.81. The van der Waals surface area contributed by atoms with Crippen molar-refractivity contribution in [3.63, 3.8) is 0 Å². The zero-order valence-electron chi connectivity index (χ0n) is 10.4. The maximum absolute atomic E-state index is 11.3. The minimum atomic E-state index is -1.39. The molecule has 100 valence electrons. The summed E-state index contributed by atoms with van der Waals surface area (Å²) >= 11 is 1.54. The average Bonchev–Trinajstić information content (AvgIpc) is 2.20. The summed E-state index contributed by atoms with van der Waals surface area (Å²) in [5, 5.41) is 20.7. The Kier molecular flexibility index (Phi) is 7.99. The molecule has 6 heteroatoms. The molecule has 0 bridgehead atoms. The molecule has 0 aromatic rings. The molecule has 0 aromatic carbocycles. The lowest BCUT2D eigenvalue weighted by Crippen LogP contribution is -2.42. The molecule has 0 aromatic heterocycles. The number of carbonyl (C=O) groups excluding carboxylic acids is 1. The van der Waals surface area contributed by atoms with Crippen LogP contribution in [0.4, 0.5) is 0 Å². The maximum atomic E-state index is 11.3. The molecular weight excluding hydrogens is 242 g/mol. The van der Waals surface area contributed by atoms with Crippen LogP contribution in [0.5, 0.6) is 0 Å². The first-order chi connectivity index (χ1) is 7.87. The summed E-state index contributed by atoms with van der Waals surface area (Å²) in [5.41, 5.74) is -1.39. The highest BCUT2D eigenvalue weighted by molar-refractivity contribution is 7.99. The number of carboxylic acids is 1. The van der Waals surface area contributed by atoms with Crippen molar-refractivity contribution in [3.8, 4) is 0 Å².